The van der Waals surface area contributed by atoms with Crippen LogP contribution in [0.15, 0.2) is 48.0 Å². The summed E-state index contributed by atoms with van der Waals surface area (Å²) in [7, 11) is 0. The lowest BCUT2D eigenvalue weighted by molar-refractivity contribution is 0.102. The Bertz CT molecular complexity index is 815. The highest BCUT2D eigenvalue weighted by Crippen LogP contribution is 2.25. The number of anilines is 1. The van der Waals surface area contributed by atoms with E-state index in [2.05, 4.69) is 15.3 Å². The predicted octanol–water partition coefficient (Wildman–Crippen LogP) is 3.47. The van der Waals surface area contributed by atoms with E-state index in [9.17, 15) is 9.90 Å². The number of aromatic hydroxyl groups is 1. The van der Waals surface area contributed by atoms with Crippen LogP contribution >= 0.6 is 11.3 Å². The number of phenolic OH excluding ortho intramolecular Hbond substituents is 1. The fourth-order valence-electron chi connectivity index (χ4n) is 1.96. The Morgan fingerprint density at radius 1 is 1.23 bits per heavy atom. The highest BCUT2D eigenvalue weighted by molar-refractivity contribution is 7.14. The molecular formula is C16H13N3O2S. The summed E-state index contributed by atoms with van der Waals surface area (Å²) < 4.78 is 0. The summed E-state index contributed by atoms with van der Waals surface area (Å²) in [6, 6.07) is 10.5. The van der Waals surface area contributed by atoms with Gasteiger partial charge in [-0.3, -0.25) is 15.1 Å². The summed E-state index contributed by atoms with van der Waals surface area (Å²) >= 11 is 1.31. The number of carbonyl (C=O) groups is 1. The normalized spacial score (nSPS) is 10.4. The molecule has 2 aromatic heterocycles. The zero-order valence-electron chi connectivity index (χ0n) is 11.8. The molecule has 0 spiro atoms. The van der Waals surface area contributed by atoms with Gasteiger partial charge in [-0.15, -0.1) is 11.3 Å². The molecular weight excluding hydrogens is 298 g/mol. The number of pyridine rings is 1. The van der Waals surface area contributed by atoms with Gasteiger partial charge in [-0.05, 0) is 36.8 Å². The van der Waals surface area contributed by atoms with Gasteiger partial charge in [0.25, 0.3) is 5.91 Å². The number of nitrogens with one attached hydrogen (secondary N) is 1. The topological polar surface area (TPSA) is 75.1 Å². The van der Waals surface area contributed by atoms with Gasteiger partial charge in [-0.1, -0.05) is 12.1 Å². The Hall–Kier alpha value is -2.73. The van der Waals surface area contributed by atoms with E-state index >= 15 is 0 Å². The van der Waals surface area contributed by atoms with Gasteiger partial charge in [-0.2, -0.15) is 0 Å². The van der Waals surface area contributed by atoms with E-state index in [1.807, 2.05) is 30.5 Å². The van der Waals surface area contributed by atoms with Crippen LogP contribution in [0.2, 0.25) is 0 Å². The highest BCUT2D eigenvalue weighted by atomic mass is 32.1. The smallest absolute Gasteiger partial charge is 0.261 e. The Morgan fingerprint density at radius 2 is 2.09 bits per heavy atom. The van der Waals surface area contributed by atoms with Crippen molar-refractivity contribution >= 4 is 22.4 Å². The van der Waals surface area contributed by atoms with Crippen molar-refractivity contribution in [2.75, 3.05) is 5.32 Å². The van der Waals surface area contributed by atoms with Crippen LogP contribution in [0, 0.1) is 6.92 Å². The minimum Gasteiger partial charge on any atom is -0.507 e. The third-order valence-corrected chi connectivity index (χ3v) is 3.81. The number of phenols is 1. The van der Waals surface area contributed by atoms with Gasteiger partial charge in [-0.25, -0.2) is 4.98 Å². The summed E-state index contributed by atoms with van der Waals surface area (Å²) in [5.74, 6) is -0.432. The fraction of sp³-hybridized carbons (Fsp3) is 0.0625. The molecule has 3 aromatic rings. The first-order valence-corrected chi connectivity index (χ1v) is 7.49. The van der Waals surface area contributed by atoms with E-state index in [-0.39, 0.29) is 17.2 Å². The maximum Gasteiger partial charge on any atom is 0.261 e. The number of amides is 1. The first-order chi connectivity index (χ1) is 10.6. The van der Waals surface area contributed by atoms with E-state index < -0.39 is 0 Å². The molecule has 3 rings (SSSR count). The van der Waals surface area contributed by atoms with Crippen molar-refractivity contribution in [2.45, 2.75) is 6.92 Å². The molecule has 0 saturated heterocycles. The van der Waals surface area contributed by atoms with Crippen LogP contribution in [-0.2, 0) is 0 Å². The molecule has 1 amide bonds. The second kappa shape index (κ2) is 5.95. The lowest BCUT2D eigenvalue weighted by atomic mass is 10.1. The maximum atomic E-state index is 12.2. The molecule has 0 unspecified atom stereocenters. The van der Waals surface area contributed by atoms with Crippen LogP contribution < -0.4 is 5.32 Å². The summed E-state index contributed by atoms with van der Waals surface area (Å²) in [5, 5.41) is 14.8. The molecule has 0 aliphatic heterocycles. The van der Waals surface area contributed by atoms with Crippen molar-refractivity contribution in [1.82, 2.24) is 9.97 Å². The van der Waals surface area contributed by atoms with Crippen molar-refractivity contribution in [3.63, 3.8) is 0 Å². The number of nitrogens with zero attached hydrogens (tertiary/aromatic N) is 2. The Morgan fingerprint density at radius 3 is 2.82 bits per heavy atom. The largest absolute Gasteiger partial charge is 0.507 e. The van der Waals surface area contributed by atoms with Crippen molar-refractivity contribution < 1.29 is 9.90 Å². The predicted molar refractivity (Wildman–Crippen MR) is 86.1 cm³/mol. The second-order valence-corrected chi connectivity index (χ2v) is 5.59. The van der Waals surface area contributed by atoms with Crippen molar-refractivity contribution in [3.05, 3.63) is 59.1 Å². The van der Waals surface area contributed by atoms with Gasteiger partial charge < -0.3 is 5.11 Å². The minimum absolute atomic E-state index is 0.0426. The van der Waals surface area contributed by atoms with E-state index in [1.54, 1.807) is 24.4 Å². The van der Waals surface area contributed by atoms with Gasteiger partial charge in [0, 0.05) is 11.6 Å². The lowest BCUT2D eigenvalue weighted by Gasteiger charge is -2.05. The summed E-state index contributed by atoms with van der Waals surface area (Å²) in [6.07, 6.45) is 1.69. The number of aryl methyl sites for hydroxylation is 1. The molecule has 0 atom stereocenters. The van der Waals surface area contributed by atoms with E-state index in [0.29, 0.717) is 10.8 Å². The number of hydrogen-bond acceptors (Lipinski definition) is 5. The van der Waals surface area contributed by atoms with Gasteiger partial charge in [0.05, 0.1) is 11.3 Å². The third kappa shape index (κ3) is 2.96. The maximum absolute atomic E-state index is 12.2. The fourth-order valence-corrected chi connectivity index (χ4v) is 2.66. The first kappa shape index (κ1) is 14.2. The lowest BCUT2D eigenvalue weighted by Crippen LogP contribution is -2.11. The average Bonchev–Trinajstić information content (AvgIpc) is 2.96. The summed E-state index contributed by atoms with van der Waals surface area (Å²) in [6.45, 7) is 1.85. The molecule has 22 heavy (non-hydrogen) atoms. The molecule has 0 radical (unpaired) electrons. The molecule has 0 fully saturated rings. The Kier molecular flexibility index (Phi) is 3.84. The number of rotatable bonds is 3. The zero-order valence-corrected chi connectivity index (χ0v) is 12.6. The second-order valence-electron chi connectivity index (χ2n) is 4.73. The molecule has 0 bridgehead atoms. The van der Waals surface area contributed by atoms with E-state index in [1.165, 1.54) is 11.3 Å². The van der Waals surface area contributed by atoms with Crippen LogP contribution in [-0.4, -0.2) is 21.0 Å². The molecule has 0 aliphatic rings. The first-order valence-electron chi connectivity index (χ1n) is 6.61. The summed E-state index contributed by atoms with van der Waals surface area (Å²) in [4.78, 5) is 20.7. The average molecular weight is 311 g/mol. The number of thiazole rings is 1. The monoisotopic (exact) mass is 311 g/mol. The Labute approximate surface area is 131 Å². The SMILES string of the molecule is Cc1ccc(C(=O)Nc2nc(-c3ccccn3)cs2)c(O)c1. The molecule has 6 heteroatoms. The van der Waals surface area contributed by atoms with E-state index in [0.717, 1.165) is 11.3 Å². The van der Waals surface area contributed by atoms with Crippen molar-refractivity contribution in [1.29, 1.82) is 0 Å². The van der Waals surface area contributed by atoms with Crippen LogP contribution in [0.3, 0.4) is 0 Å². The van der Waals surface area contributed by atoms with Crippen molar-refractivity contribution in [3.8, 4) is 17.1 Å². The van der Waals surface area contributed by atoms with Crippen molar-refractivity contribution in [2.24, 2.45) is 0 Å². The van der Waals surface area contributed by atoms with Gasteiger partial charge in [0.1, 0.15) is 11.4 Å². The molecule has 1 aromatic carbocycles. The zero-order chi connectivity index (χ0) is 15.5. The quantitative estimate of drug-likeness (QED) is 0.776. The number of hydrogen-bond donors (Lipinski definition) is 2. The molecule has 5 nitrogen and oxygen atoms in total. The minimum atomic E-state index is -0.389. The van der Waals surface area contributed by atoms with Crippen LogP contribution in [0.1, 0.15) is 15.9 Å². The van der Waals surface area contributed by atoms with E-state index in [4.69, 9.17) is 0 Å². The van der Waals surface area contributed by atoms with Crippen LogP contribution in [0.4, 0.5) is 5.13 Å². The molecule has 2 N–H and O–H groups in total. The molecule has 0 aliphatic carbocycles. The van der Waals surface area contributed by atoms with Crippen LogP contribution in [0.25, 0.3) is 11.4 Å². The number of benzene rings is 1. The molecule has 110 valence electrons. The van der Waals surface area contributed by atoms with Crippen LogP contribution in [0.5, 0.6) is 5.75 Å². The Balaban J connectivity index is 1.79. The molecule has 0 saturated carbocycles. The van der Waals surface area contributed by atoms with Gasteiger partial charge in [0.15, 0.2) is 5.13 Å². The van der Waals surface area contributed by atoms with Gasteiger partial charge >= 0.3 is 0 Å². The number of carbonyl (C=O) groups excluding carboxylic acids is 1. The third-order valence-electron chi connectivity index (χ3n) is 3.05. The highest BCUT2D eigenvalue weighted by Gasteiger charge is 2.13. The standard InChI is InChI=1S/C16H13N3O2S/c1-10-5-6-11(14(20)8-10)15(21)19-16-18-13(9-22-16)12-4-2-3-7-17-12/h2-9,20H,1H3,(H,18,19,21). The van der Waals surface area contributed by atoms with Gasteiger partial charge in [0.2, 0.25) is 0 Å². The molecule has 2 heterocycles. The summed E-state index contributed by atoms with van der Waals surface area (Å²) in [5.41, 5.74) is 2.56. The number of aromatic nitrogens is 2.